The van der Waals surface area contributed by atoms with Gasteiger partial charge in [0, 0.05) is 12.1 Å². The lowest BCUT2D eigenvalue weighted by atomic mass is 9.78. The number of hydrogen-bond acceptors (Lipinski definition) is 5. The number of amides is 1. The average Bonchev–Trinajstić information content (AvgIpc) is 2.94. The van der Waals surface area contributed by atoms with Crippen LogP contribution in [-0.4, -0.2) is 48.2 Å². The minimum atomic E-state index is -1.13. The van der Waals surface area contributed by atoms with Gasteiger partial charge < -0.3 is 15.0 Å². The number of esters is 1. The first-order valence-electron chi connectivity index (χ1n) is 8.72. The standard InChI is InChI=1S/C18H26FN3O3/c1-12(2)25-17(24)18(3)6-4-14(5-7-18)21-10-16(23)22-11-13(19)8-15(22)9-20/h4,12-13,15,21H,5-8,10-11H2,1-3H3/t13-,15-,18?/m0/s1. The number of halogens is 1. The zero-order valence-corrected chi connectivity index (χ0v) is 15.0. The lowest BCUT2D eigenvalue weighted by Gasteiger charge is -2.31. The predicted octanol–water partition coefficient (Wildman–Crippen LogP) is 2.06. The van der Waals surface area contributed by atoms with E-state index in [0.717, 1.165) is 5.70 Å². The summed E-state index contributed by atoms with van der Waals surface area (Å²) in [6.07, 6.45) is 2.57. The molecule has 1 aliphatic carbocycles. The Kier molecular flexibility index (Phi) is 6.04. The lowest BCUT2D eigenvalue weighted by molar-refractivity contribution is -0.159. The van der Waals surface area contributed by atoms with Crippen molar-refractivity contribution in [2.45, 2.75) is 64.8 Å². The Balaban J connectivity index is 1.86. The van der Waals surface area contributed by atoms with Crippen molar-refractivity contribution >= 4 is 11.9 Å². The molecule has 0 spiro atoms. The Hall–Kier alpha value is -2.10. The van der Waals surface area contributed by atoms with Crippen LogP contribution >= 0.6 is 0 Å². The molecule has 0 aromatic heterocycles. The second-order valence-corrected chi connectivity index (χ2v) is 7.33. The van der Waals surface area contributed by atoms with Crippen LogP contribution in [0.1, 0.15) is 46.5 Å². The van der Waals surface area contributed by atoms with Gasteiger partial charge in [0.2, 0.25) is 5.91 Å². The van der Waals surface area contributed by atoms with Gasteiger partial charge in [0.05, 0.1) is 30.7 Å². The fourth-order valence-corrected chi connectivity index (χ4v) is 3.14. The number of nitrogens with zero attached hydrogens (tertiary/aromatic N) is 2. The maximum atomic E-state index is 13.4. The summed E-state index contributed by atoms with van der Waals surface area (Å²) >= 11 is 0. The molecule has 0 radical (unpaired) electrons. The Morgan fingerprint density at radius 3 is 2.84 bits per heavy atom. The molecule has 1 heterocycles. The fourth-order valence-electron chi connectivity index (χ4n) is 3.14. The summed E-state index contributed by atoms with van der Waals surface area (Å²) in [7, 11) is 0. The van der Waals surface area contributed by atoms with Gasteiger partial charge in [-0.25, -0.2) is 4.39 Å². The van der Waals surface area contributed by atoms with Crippen molar-refractivity contribution in [3.05, 3.63) is 11.8 Å². The van der Waals surface area contributed by atoms with Gasteiger partial charge >= 0.3 is 5.97 Å². The Morgan fingerprint density at radius 1 is 1.56 bits per heavy atom. The summed E-state index contributed by atoms with van der Waals surface area (Å²) in [4.78, 5) is 25.7. The zero-order chi connectivity index (χ0) is 18.6. The van der Waals surface area contributed by atoms with E-state index in [0.29, 0.717) is 19.3 Å². The molecule has 0 aromatic carbocycles. The molecular weight excluding hydrogens is 325 g/mol. The van der Waals surface area contributed by atoms with Crippen LogP contribution in [0.15, 0.2) is 11.8 Å². The predicted molar refractivity (Wildman–Crippen MR) is 89.9 cm³/mol. The van der Waals surface area contributed by atoms with E-state index in [1.807, 2.05) is 32.9 Å². The number of carbonyl (C=O) groups is 2. The Labute approximate surface area is 148 Å². The largest absolute Gasteiger partial charge is 0.463 e. The summed E-state index contributed by atoms with van der Waals surface area (Å²) in [5, 5.41) is 12.1. The van der Waals surface area contributed by atoms with Gasteiger partial charge in [-0.1, -0.05) is 6.08 Å². The van der Waals surface area contributed by atoms with Crippen LogP contribution in [0.4, 0.5) is 4.39 Å². The summed E-state index contributed by atoms with van der Waals surface area (Å²) in [5.74, 6) is -0.475. The van der Waals surface area contributed by atoms with Crippen LogP contribution in [0.2, 0.25) is 0 Å². The lowest BCUT2D eigenvalue weighted by Crippen LogP contribution is -2.41. The normalized spacial score (nSPS) is 29.1. The molecule has 3 atom stereocenters. The molecule has 0 bridgehead atoms. The average molecular weight is 351 g/mol. The molecule has 25 heavy (non-hydrogen) atoms. The first-order chi connectivity index (χ1) is 11.7. The van der Waals surface area contributed by atoms with Gasteiger partial charge in [0.15, 0.2) is 0 Å². The highest BCUT2D eigenvalue weighted by molar-refractivity contribution is 5.80. The molecule has 1 N–H and O–H groups in total. The van der Waals surface area contributed by atoms with Crippen molar-refractivity contribution in [1.29, 1.82) is 5.26 Å². The number of ether oxygens (including phenoxy) is 1. The van der Waals surface area contributed by atoms with Crippen LogP contribution < -0.4 is 5.32 Å². The third-order valence-electron chi connectivity index (χ3n) is 4.77. The van der Waals surface area contributed by atoms with Gasteiger partial charge in [-0.2, -0.15) is 5.26 Å². The van der Waals surface area contributed by atoms with Gasteiger partial charge in [0.25, 0.3) is 0 Å². The number of carbonyl (C=O) groups excluding carboxylic acids is 2. The van der Waals surface area contributed by atoms with E-state index < -0.39 is 17.6 Å². The summed E-state index contributed by atoms with van der Waals surface area (Å²) < 4.78 is 18.7. The van der Waals surface area contributed by atoms with Crippen LogP contribution in [0.25, 0.3) is 0 Å². The third-order valence-corrected chi connectivity index (χ3v) is 4.77. The van der Waals surface area contributed by atoms with E-state index in [4.69, 9.17) is 10.00 Å². The van der Waals surface area contributed by atoms with Crippen molar-refractivity contribution in [3.63, 3.8) is 0 Å². The van der Waals surface area contributed by atoms with Crippen LogP contribution in [-0.2, 0) is 14.3 Å². The molecule has 1 saturated heterocycles. The molecule has 138 valence electrons. The molecule has 1 amide bonds. The summed E-state index contributed by atoms with van der Waals surface area (Å²) in [6.45, 7) is 5.56. The first kappa shape index (κ1) is 19.2. The van der Waals surface area contributed by atoms with E-state index in [2.05, 4.69) is 5.32 Å². The summed E-state index contributed by atoms with van der Waals surface area (Å²) in [5.41, 5.74) is 0.356. The highest BCUT2D eigenvalue weighted by Crippen LogP contribution is 2.35. The highest BCUT2D eigenvalue weighted by Gasteiger charge is 2.37. The maximum Gasteiger partial charge on any atom is 0.312 e. The quantitative estimate of drug-likeness (QED) is 0.767. The SMILES string of the molecule is CC(C)OC(=O)C1(C)CC=C(NCC(=O)N2C[C@@H](F)C[C@H]2C#N)CC1. The van der Waals surface area contributed by atoms with Gasteiger partial charge in [-0.05, 0) is 40.0 Å². The maximum absolute atomic E-state index is 13.4. The van der Waals surface area contributed by atoms with Crippen molar-refractivity contribution in [1.82, 2.24) is 10.2 Å². The minimum absolute atomic E-state index is 0.0170. The smallest absolute Gasteiger partial charge is 0.312 e. The number of hydrogen-bond donors (Lipinski definition) is 1. The van der Waals surface area contributed by atoms with Crippen LogP contribution in [0.3, 0.4) is 0 Å². The van der Waals surface area contributed by atoms with E-state index in [1.165, 1.54) is 4.90 Å². The van der Waals surface area contributed by atoms with Crippen molar-refractivity contribution < 1.29 is 18.7 Å². The Morgan fingerprint density at radius 2 is 2.28 bits per heavy atom. The molecule has 7 heteroatoms. The molecular formula is C18H26FN3O3. The van der Waals surface area contributed by atoms with E-state index in [-0.39, 0.29) is 37.5 Å². The number of likely N-dealkylation sites (tertiary alicyclic amines) is 1. The van der Waals surface area contributed by atoms with Crippen molar-refractivity contribution in [2.24, 2.45) is 5.41 Å². The van der Waals surface area contributed by atoms with Crippen molar-refractivity contribution in [3.8, 4) is 6.07 Å². The minimum Gasteiger partial charge on any atom is -0.463 e. The molecule has 0 saturated carbocycles. The molecule has 2 rings (SSSR count). The summed E-state index contributed by atoms with van der Waals surface area (Å²) in [6, 6.07) is 1.29. The second-order valence-electron chi connectivity index (χ2n) is 7.33. The topological polar surface area (TPSA) is 82.4 Å². The van der Waals surface area contributed by atoms with E-state index in [1.54, 1.807) is 0 Å². The molecule has 0 aromatic rings. The number of rotatable bonds is 5. The molecule has 1 aliphatic heterocycles. The number of nitrogens with one attached hydrogen (secondary N) is 1. The van der Waals surface area contributed by atoms with Gasteiger partial charge in [0.1, 0.15) is 12.2 Å². The molecule has 1 unspecified atom stereocenters. The third kappa shape index (κ3) is 4.71. The Bertz CT molecular complexity index is 599. The number of allylic oxidation sites excluding steroid dienone is 2. The van der Waals surface area contributed by atoms with Crippen LogP contribution in [0.5, 0.6) is 0 Å². The van der Waals surface area contributed by atoms with Crippen molar-refractivity contribution in [2.75, 3.05) is 13.1 Å². The highest BCUT2D eigenvalue weighted by atomic mass is 19.1. The zero-order valence-electron chi connectivity index (χ0n) is 15.0. The monoisotopic (exact) mass is 351 g/mol. The number of nitriles is 1. The van der Waals surface area contributed by atoms with Gasteiger partial charge in [-0.15, -0.1) is 0 Å². The fraction of sp³-hybridized carbons (Fsp3) is 0.722. The number of alkyl halides is 1. The molecule has 2 aliphatic rings. The molecule has 6 nitrogen and oxygen atoms in total. The van der Waals surface area contributed by atoms with E-state index >= 15 is 0 Å². The van der Waals surface area contributed by atoms with Gasteiger partial charge in [-0.3, -0.25) is 9.59 Å². The van der Waals surface area contributed by atoms with E-state index in [9.17, 15) is 14.0 Å². The second kappa shape index (κ2) is 7.85. The van der Waals surface area contributed by atoms with Crippen LogP contribution in [0, 0.1) is 16.7 Å². The molecule has 1 fully saturated rings. The first-order valence-corrected chi connectivity index (χ1v) is 8.72.